The van der Waals surface area contributed by atoms with E-state index >= 15 is 0 Å². The van der Waals surface area contributed by atoms with Crippen molar-refractivity contribution in [2.45, 2.75) is 18.9 Å². The number of para-hydroxylation sites is 1. The van der Waals surface area contributed by atoms with Crippen LogP contribution in [-0.4, -0.2) is 118 Å². The first-order chi connectivity index (χ1) is 23.2. The van der Waals surface area contributed by atoms with Gasteiger partial charge in [-0.15, -0.1) is 10.2 Å². The molecule has 3 saturated heterocycles. The Hall–Kier alpha value is -5.57. The number of hydrogen-bond acceptors (Lipinski definition) is 12. The number of piperidine rings is 1. The number of rotatable bonds is 8. The Morgan fingerprint density at radius 3 is 2.44 bits per heavy atom. The lowest BCUT2D eigenvalue weighted by Crippen LogP contribution is -2.56. The number of hydrogen-bond donors (Lipinski definition) is 3. The van der Waals surface area contributed by atoms with Crippen molar-refractivity contribution in [3.8, 4) is 22.8 Å². The number of benzene rings is 2. The number of carbonyl (C=O) groups is 5. The monoisotopic (exact) mass is 654 g/mol. The molecule has 4 aliphatic rings. The molecule has 5 amide bonds. The van der Waals surface area contributed by atoms with Crippen molar-refractivity contribution in [3.63, 3.8) is 0 Å². The SMILES string of the molecule is Nc1nnc(-c2ccccc2O)cc1N1CCN(CC(=O)N2CC(COc3ccc4c(c3)C(=O)N(C3CCC(=O)NC3=O)C4=O)C2)CC1. The third-order valence-corrected chi connectivity index (χ3v) is 9.26. The van der Waals surface area contributed by atoms with Gasteiger partial charge in [0.1, 0.15) is 17.5 Å². The maximum absolute atomic E-state index is 13.1. The van der Waals surface area contributed by atoms with Gasteiger partial charge >= 0.3 is 0 Å². The number of ether oxygens (including phenoxy) is 1. The lowest BCUT2D eigenvalue weighted by atomic mass is 10.0. The van der Waals surface area contributed by atoms with Crippen LogP contribution in [0.4, 0.5) is 11.5 Å². The van der Waals surface area contributed by atoms with Gasteiger partial charge in [0, 0.05) is 57.2 Å². The Kier molecular flexibility index (Phi) is 8.12. The lowest BCUT2D eigenvalue weighted by molar-refractivity contribution is -0.139. The molecule has 0 aliphatic carbocycles. The second-order valence-corrected chi connectivity index (χ2v) is 12.4. The van der Waals surface area contributed by atoms with Gasteiger partial charge in [-0.1, -0.05) is 12.1 Å². The predicted molar refractivity (Wildman–Crippen MR) is 171 cm³/mol. The summed E-state index contributed by atoms with van der Waals surface area (Å²) in [7, 11) is 0. The number of nitrogens with two attached hydrogens (primary N) is 1. The number of aromatic nitrogens is 2. The number of fused-ring (bicyclic) bond motifs is 1. The molecule has 1 unspecified atom stereocenters. The zero-order chi connectivity index (χ0) is 33.5. The Balaban J connectivity index is 0.868. The first kappa shape index (κ1) is 31.1. The Labute approximate surface area is 275 Å². The molecule has 5 heterocycles. The van der Waals surface area contributed by atoms with Gasteiger partial charge in [-0.3, -0.25) is 39.1 Å². The quantitative estimate of drug-likeness (QED) is 0.285. The molecule has 15 heteroatoms. The van der Waals surface area contributed by atoms with E-state index in [1.807, 2.05) is 12.1 Å². The van der Waals surface area contributed by atoms with Crippen LogP contribution in [0.25, 0.3) is 11.3 Å². The largest absolute Gasteiger partial charge is 0.507 e. The van der Waals surface area contributed by atoms with Crippen molar-refractivity contribution in [2.24, 2.45) is 5.92 Å². The van der Waals surface area contributed by atoms with E-state index in [1.165, 1.54) is 12.1 Å². The van der Waals surface area contributed by atoms with E-state index in [9.17, 15) is 29.1 Å². The number of phenolic OH excluding ortho intramolecular Hbond substituents is 1. The summed E-state index contributed by atoms with van der Waals surface area (Å²) in [5.41, 5.74) is 8.35. The average molecular weight is 655 g/mol. The first-order valence-electron chi connectivity index (χ1n) is 15.8. The van der Waals surface area contributed by atoms with Gasteiger partial charge in [0.05, 0.1) is 35.7 Å². The van der Waals surface area contributed by atoms with Crippen molar-refractivity contribution in [3.05, 3.63) is 59.7 Å². The smallest absolute Gasteiger partial charge is 0.262 e. The van der Waals surface area contributed by atoms with Crippen LogP contribution in [0, 0.1) is 5.92 Å². The Morgan fingerprint density at radius 1 is 0.938 bits per heavy atom. The van der Waals surface area contributed by atoms with Crippen molar-refractivity contribution < 1.29 is 33.8 Å². The van der Waals surface area contributed by atoms with Gasteiger partial charge < -0.3 is 25.4 Å². The van der Waals surface area contributed by atoms with E-state index in [1.54, 1.807) is 29.2 Å². The maximum atomic E-state index is 13.1. The van der Waals surface area contributed by atoms with Crippen LogP contribution in [0.2, 0.25) is 0 Å². The normalized spacial score (nSPS) is 20.1. The molecule has 2 aromatic carbocycles. The van der Waals surface area contributed by atoms with E-state index in [0.29, 0.717) is 75.2 Å². The number of piperazine rings is 1. The predicted octanol–water partition coefficient (Wildman–Crippen LogP) is 0.492. The van der Waals surface area contributed by atoms with Gasteiger partial charge in [0.15, 0.2) is 5.82 Å². The van der Waals surface area contributed by atoms with Crippen molar-refractivity contribution in [1.29, 1.82) is 0 Å². The maximum Gasteiger partial charge on any atom is 0.262 e. The number of likely N-dealkylation sites (tertiary alicyclic amines) is 1. The fraction of sp³-hybridized carbons (Fsp3) is 0.364. The van der Waals surface area contributed by atoms with Crippen LogP contribution < -0.4 is 20.7 Å². The number of anilines is 2. The number of carbonyl (C=O) groups excluding carboxylic acids is 5. The molecular weight excluding hydrogens is 620 g/mol. The summed E-state index contributed by atoms with van der Waals surface area (Å²) in [5, 5.41) is 20.7. The van der Waals surface area contributed by atoms with Crippen molar-refractivity contribution in [1.82, 2.24) is 30.2 Å². The zero-order valence-electron chi connectivity index (χ0n) is 26.0. The molecular formula is C33H34N8O7. The summed E-state index contributed by atoms with van der Waals surface area (Å²) in [6.45, 7) is 4.39. The van der Waals surface area contributed by atoms with Crippen molar-refractivity contribution in [2.75, 3.05) is 63.1 Å². The number of imide groups is 2. The molecule has 248 valence electrons. The molecule has 0 saturated carbocycles. The topological polar surface area (TPSA) is 192 Å². The van der Waals surface area contributed by atoms with Gasteiger partial charge in [-0.05, 0) is 42.8 Å². The Morgan fingerprint density at radius 2 is 1.69 bits per heavy atom. The third kappa shape index (κ3) is 5.88. The number of amides is 5. The Bertz CT molecular complexity index is 1820. The number of phenols is 1. The van der Waals surface area contributed by atoms with Gasteiger partial charge in [-0.25, -0.2) is 0 Å². The molecule has 1 aromatic heterocycles. The molecule has 4 aliphatic heterocycles. The number of aromatic hydroxyl groups is 1. The fourth-order valence-corrected chi connectivity index (χ4v) is 6.54. The van der Waals surface area contributed by atoms with Crippen LogP contribution in [-0.2, 0) is 14.4 Å². The van der Waals surface area contributed by atoms with E-state index in [4.69, 9.17) is 10.5 Å². The van der Waals surface area contributed by atoms with E-state index in [-0.39, 0.29) is 41.5 Å². The van der Waals surface area contributed by atoms with Gasteiger partial charge in [0.25, 0.3) is 11.8 Å². The number of nitrogens with one attached hydrogen (secondary N) is 1. The number of nitrogen functional groups attached to an aromatic ring is 1. The fourth-order valence-electron chi connectivity index (χ4n) is 6.54. The van der Waals surface area contributed by atoms with Crippen LogP contribution in [0.1, 0.15) is 33.6 Å². The highest BCUT2D eigenvalue weighted by atomic mass is 16.5. The second-order valence-electron chi connectivity index (χ2n) is 12.4. The minimum Gasteiger partial charge on any atom is -0.507 e. The summed E-state index contributed by atoms with van der Waals surface area (Å²) in [5.74, 6) is -1.23. The molecule has 1 atom stereocenters. The molecule has 3 aromatic rings. The molecule has 15 nitrogen and oxygen atoms in total. The zero-order valence-corrected chi connectivity index (χ0v) is 26.0. The summed E-state index contributed by atoms with van der Waals surface area (Å²) < 4.78 is 5.93. The third-order valence-electron chi connectivity index (χ3n) is 9.26. The summed E-state index contributed by atoms with van der Waals surface area (Å²) in [6.07, 6.45) is 0.146. The summed E-state index contributed by atoms with van der Waals surface area (Å²) in [6, 6.07) is 12.4. The molecule has 48 heavy (non-hydrogen) atoms. The molecule has 7 rings (SSSR count). The number of nitrogens with zero attached hydrogens (tertiary/aromatic N) is 6. The minimum absolute atomic E-state index is 0.0433. The average Bonchev–Trinajstić information content (AvgIpc) is 3.30. The van der Waals surface area contributed by atoms with Crippen molar-refractivity contribution >= 4 is 41.0 Å². The summed E-state index contributed by atoms with van der Waals surface area (Å²) in [4.78, 5) is 69.7. The summed E-state index contributed by atoms with van der Waals surface area (Å²) >= 11 is 0. The molecule has 0 spiro atoms. The minimum atomic E-state index is -1.02. The van der Waals surface area contributed by atoms with Crippen LogP contribution in [0.5, 0.6) is 11.5 Å². The molecule has 4 N–H and O–H groups in total. The second kappa shape index (κ2) is 12.6. The molecule has 0 radical (unpaired) electrons. The lowest BCUT2D eigenvalue weighted by Gasteiger charge is -2.41. The first-order valence-corrected chi connectivity index (χ1v) is 15.8. The van der Waals surface area contributed by atoms with Crippen LogP contribution in [0.3, 0.4) is 0 Å². The van der Waals surface area contributed by atoms with E-state index in [2.05, 4.69) is 25.3 Å². The highest BCUT2D eigenvalue weighted by Crippen LogP contribution is 2.33. The van der Waals surface area contributed by atoms with Crippen LogP contribution >= 0.6 is 0 Å². The van der Waals surface area contributed by atoms with E-state index < -0.39 is 29.7 Å². The van der Waals surface area contributed by atoms with Crippen LogP contribution in [0.15, 0.2) is 48.5 Å². The molecule has 0 bridgehead atoms. The molecule has 3 fully saturated rings. The highest BCUT2D eigenvalue weighted by Gasteiger charge is 2.45. The van der Waals surface area contributed by atoms with Gasteiger partial charge in [0.2, 0.25) is 17.7 Å². The van der Waals surface area contributed by atoms with E-state index in [0.717, 1.165) is 10.6 Å². The standard InChI is InChI=1S/C33H34N8O7/c34-30-26(14-24(36-37-30)22-3-1-2-4-27(22)42)39-11-9-38(10-12-39)17-29(44)40-15-19(16-40)18-48-20-5-6-21-23(13-20)33(47)41(32(21)46)25-7-8-28(43)35-31(25)45/h1-6,13-14,19,25,42H,7-12,15-18H2,(H2,34,37)(H,35,43,45). The highest BCUT2D eigenvalue weighted by molar-refractivity contribution is 6.23. The van der Waals surface area contributed by atoms with Gasteiger partial charge in [-0.2, -0.15) is 0 Å².